The summed E-state index contributed by atoms with van der Waals surface area (Å²) in [7, 11) is 0. The van der Waals surface area contributed by atoms with Crippen LogP contribution in [0, 0.1) is 11.3 Å². The summed E-state index contributed by atoms with van der Waals surface area (Å²) < 4.78 is 13.1. The van der Waals surface area contributed by atoms with Gasteiger partial charge < -0.3 is 9.47 Å². The Morgan fingerprint density at radius 3 is 2.00 bits per heavy atom. The van der Waals surface area contributed by atoms with Crippen molar-refractivity contribution >= 4 is 22.6 Å². The van der Waals surface area contributed by atoms with Crippen molar-refractivity contribution in [1.82, 2.24) is 0 Å². The van der Waals surface area contributed by atoms with Crippen LogP contribution in [0.3, 0.4) is 0 Å². The van der Waals surface area contributed by atoms with E-state index >= 15 is 0 Å². The van der Waals surface area contributed by atoms with Crippen LogP contribution in [-0.4, -0.2) is 15.8 Å². The van der Waals surface area contributed by atoms with Gasteiger partial charge in [0.2, 0.25) is 6.29 Å². The first-order chi connectivity index (χ1) is 13.0. The number of ether oxygens (including phenoxy) is 2. The Morgan fingerprint density at radius 2 is 1.54 bits per heavy atom. The minimum Gasteiger partial charge on any atom is -0.464 e. The molecule has 0 bridgehead atoms. The monoisotopic (exact) mass is 500 g/mol. The van der Waals surface area contributed by atoms with Crippen LogP contribution in [0.4, 0.5) is 0 Å². The lowest BCUT2D eigenvalue weighted by Gasteiger charge is -2.35. The van der Waals surface area contributed by atoms with Gasteiger partial charge in [-0.1, -0.05) is 102 Å². The molecule has 0 aliphatic heterocycles. The second-order valence-corrected chi connectivity index (χ2v) is 13.5. The van der Waals surface area contributed by atoms with E-state index < -0.39 is 0 Å². The van der Waals surface area contributed by atoms with E-state index in [-0.39, 0.29) is 11.7 Å². The van der Waals surface area contributed by atoms with Crippen LogP contribution in [0.2, 0.25) is 0 Å². The molecule has 2 unspecified atom stereocenters. The molecule has 1 aromatic carbocycles. The van der Waals surface area contributed by atoms with Gasteiger partial charge in [0.15, 0.2) is 0 Å². The van der Waals surface area contributed by atoms with Gasteiger partial charge in [0.1, 0.15) is 5.75 Å². The van der Waals surface area contributed by atoms with E-state index in [4.69, 9.17) is 9.47 Å². The van der Waals surface area contributed by atoms with E-state index in [0.29, 0.717) is 21.4 Å². The molecule has 1 aliphatic carbocycles. The summed E-state index contributed by atoms with van der Waals surface area (Å²) in [6, 6.07) is 8.77. The predicted molar refractivity (Wildman–Crippen MR) is 129 cm³/mol. The molecule has 0 heterocycles. The summed E-state index contributed by atoms with van der Waals surface area (Å²) >= 11 is 2.57. The van der Waals surface area contributed by atoms with E-state index in [9.17, 15) is 0 Å². The molecule has 0 radical (unpaired) electrons. The molecule has 2 nitrogen and oxygen atoms in total. The van der Waals surface area contributed by atoms with E-state index in [0.717, 1.165) is 18.6 Å². The maximum atomic E-state index is 6.42. The van der Waals surface area contributed by atoms with Gasteiger partial charge in [-0.05, 0) is 48.8 Å². The Balaban J connectivity index is 2.09. The second-order valence-electron chi connectivity index (χ2n) is 10.6. The zero-order valence-electron chi connectivity index (χ0n) is 19.1. The third-order valence-corrected chi connectivity index (χ3v) is 6.08. The SMILES string of the molecule is CC(C)C(CC(C)(C)I)c1ccc(OC(OC2CCCCC2)C(C)(C)C)cc1. The average Bonchev–Trinajstić information content (AvgIpc) is 2.59. The van der Waals surface area contributed by atoms with Gasteiger partial charge in [-0.3, -0.25) is 0 Å². The Labute approximate surface area is 187 Å². The lowest BCUT2D eigenvalue weighted by Crippen LogP contribution is -2.38. The molecule has 160 valence electrons. The molecule has 28 heavy (non-hydrogen) atoms. The predicted octanol–water partition coefficient (Wildman–Crippen LogP) is 8.13. The van der Waals surface area contributed by atoms with Crippen molar-refractivity contribution < 1.29 is 9.47 Å². The number of hydrogen-bond acceptors (Lipinski definition) is 2. The van der Waals surface area contributed by atoms with Crippen LogP contribution >= 0.6 is 22.6 Å². The maximum absolute atomic E-state index is 6.42. The molecule has 0 amide bonds. The van der Waals surface area contributed by atoms with Gasteiger partial charge in [0.25, 0.3) is 0 Å². The van der Waals surface area contributed by atoms with Crippen LogP contribution < -0.4 is 4.74 Å². The highest BCUT2D eigenvalue weighted by atomic mass is 127. The summed E-state index contributed by atoms with van der Waals surface area (Å²) in [5, 5.41) is 0. The van der Waals surface area contributed by atoms with E-state index in [1.54, 1.807) is 0 Å². The van der Waals surface area contributed by atoms with Gasteiger partial charge in [-0.2, -0.15) is 0 Å². The molecule has 0 saturated heterocycles. The highest BCUT2D eigenvalue weighted by Crippen LogP contribution is 2.37. The number of benzene rings is 1. The van der Waals surface area contributed by atoms with Crippen LogP contribution in [0.1, 0.15) is 98.5 Å². The molecule has 0 aromatic heterocycles. The lowest BCUT2D eigenvalue weighted by atomic mass is 9.82. The molecule has 2 rings (SSSR count). The topological polar surface area (TPSA) is 18.5 Å². The number of rotatable bonds is 8. The van der Waals surface area contributed by atoms with Crippen molar-refractivity contribution in [3.63, 3.8) is 0 Å². The zero-order valence-corrected chi connectivity index (χ0v) is 21.2. The molecule has 1 saturated carbocycles. The quantitative estimate of drug-likeness (QED) is 0.204. The van der Waals surface area contributed by atoms with Crippen molar-refractivity contribution in [2.45, 2.75) is 109 Å². The molecular weight excluding hydrogens is 459 g/mol. The van der Waals surface area contributed by atoms with Crippen LogP contribution in [-0.2, 0) is 4.74 Å². The van der Waals surface area contributed by atoms with Crippen LogP contribution in [0.25, 0.3) is 0 Å². The molecule has 1 aliphatic rings. The summed E-state index contributed by atoms with van der Waals surface area (Å²) in [6.07, 6.45) is 7.53. The molecule has 2 atom stereocenters. The van der Waals surface area contributed by atoms with Crippen LogP contribution in [0.15, 0.2) is 24.3 Å². The Bertz CT molecular complexity index is 574. The first-order valence-corrected chi connectivity index (χ1v) is 12.1. The zero-order chi connectivity index (χ0) is 20.9. The molecule has 3 heteroatoms. The van der Waals surface area contributed by atoms with Gasteiger partial charge in [-0.25, -0.2) is 0 Å². The number of halogens is 1. The third-order valence-electron chi connectivity index (χ3n) is 5.64. The minimum atomic E-state index is -0.212. The average molecular weight is 501 g/mol. The molecule has 1 aromatic rings. The smallest absolute Gasteiger partial charge is 0.204 e. The molecular formula is C25H41IO2. The van der Waals surface area contributed by atoms with Crippen LogP contribution in [0.5, 0.6) is 5.75 Å². The molecule has 1 fully saturated rings. The second kappa shape index (κ2) is 10.1. The van der Waals surface area contributed by atoms with Crippen molar-refractivity contribution in [2.75, 3.05) is 0 Å². The fourth-order valence-corrected chi connectivity index (χ4v) is 4.44. The van der Waals surface area contributed by atoms with Gasteiger partial charge in [0.05, 0.1) is 6.10 Å². The number of hydrogen-bond donors (Lipinski definition) is 0. The van der Waals surface area contributed by atoms with Gasteiger partial charge >= 0.3 is 0 Å². The first-order valence-electron chi connectivity index (χ1n) is 11.1. The van der Waals surface area contributed by atoms with Crippen molar-refractivity contribution in [1.29, 1.82) is 0 Å². The first kappa shape index (κ1) is 24.0. The summed E-state index contributed by atoms with van der Waals surface area (Å²) in [4.78, 5) is 0. The maximum Gasteiger partial charge on any atom is 0.204 e. The Morgan fingerprint density at radius 1 is 0.964 bits per heavy atom. The summed E-state index contributed by atoms with van der Waals surface area (Å²) in [5.74, 6) is 2.10. The minimum absolute atomic E-state index is 0.0537. The van der Waals surface area contributed by atoms with E-state index in [1.807, 2.05) is 0 Å². The molecule has 0 N–H and O–H groups in total. The summed E-state index contributed by atoms with van der Waals surface area (Å²) in [6.45, 7) is 15.9. The summed E-state index contributed by atoms with van der Waals surface area (Å²) in [5.41, 5.74) is 1.36. The lowest BCUT2D eigenvalue weighted by molar-refractivity contribution is -0.177. The normalized spacial score (nSPS) is 18.9. The Kier molecular flexibility index (Phi) is 8.69. The number of alkyl halides is 1. The highest BCUT2D eigenvalue weighted by Gasteiger charge is 2.31. The highest BCUT2D eigenvalue weighted by molar-refractivity contribution is 14.1. The van der Waals surface area contributed by atoms with Crippen molar-refractivity contribution in [3.05, 3.63) is 29.8 Å². The fraction of sp³-hybridized carbons (Fsp3) is 0.760. The van der Waals surface area contributed by atoms with Gasteiger partial charge in [0, 0.05) is 8.84 Å². The van der Waals surface area contributed by atoms with Gasteiger partial charge in [-0.15, -0.1) is 0 Å². The third kappa shape index (κ3) is 7.85. The largest absolute Gasteiger partial charge is 0.464 e. The Hall–Kier alpha value is -0.290. The van der Waals surface area contributed by atoms with Crippen molar-refractivity contribution in [3.8, 4) is 5.75 Å². The van der Waals surface area contributed by atoms with E-state index in [2.05, 4.69) is 95.3 Å². The van der Waals surface area contributed by atoms with E-state index in [1.165, 1.54) is 31.2 Å². The molecule has 0 spiro atoms. The van der Waals surface area contributed by atoms with Crippen molar-refractivity contribution in [2.24, 2.45) is 11.3 Å². The fourth-order valence-electron chi connectivity index (χ4n) is 3.96. The standard InChI is InChI=1S/C25H41IO2/c1-18(2)22(17-25(6,7)26)19-13-15-21(16-14-19)28-23(24(3,4)5)27-20-11-9-8-10-12-20/h13-16,18,20,22-23H,8-12,17H2,1-7H3.